The SMILES string of the molecule is O=C1[C@@H]2[C@H]3CC[C@@H](C3)[C@@H]2C(=O)N1c1ccc2ccccc2c1. The molecule has 110 valence electrons. The lowest BCUT2D eigenvalue weighted by atomic mass is 9.81. The van der Waals surface area contributed by atoms with Crippen molar-refractivity contribution in [1.29, 1.82) is 0 Å². The molecular formula is C19H17NO2. The van der Waals surface area contributed by atoms with E-state index in [1.54, 1.807) is 0 Å². The Kier molecular flexibility index (Phi) is 2.36. The van der Waals surface area contributed by atoms with E-state index in [0.717, 1.165) is 35.7 Å². The fourth-order valence-corrected chi connectivity index (χ4v) is 4.98. The van der Waals surface area contributed by atoms with Gasteiger partial charge in [0, 0.05) is 0 Å². The van der Waals surface area contributed by atoms with Crippen molar-refractivity contribution in [3.63, 3.8) is 0 Å². The molecule has 3 heteroatoms. The molecule has 22 heavy (non-hydrogen) atoms. The second kappa shape index (κ2) is 4.19. The highest BCUT2D eigenvalue weighted by Gasteiger charge is 2.61. The van der Waals surface area contributed by atoms with Gasteiger partial charge in [-0.15, -0.1) is 0 Å². The number of nitrogens with zero attached hydrogens (tertiary/aromatic N) is 1. The predicted molar refractivity (Wildman–Crippen MR) is 84.3 cm³/mol. The number of imide groups is 1. The molecule has 2 aromatic carbocycles. The highest BCUT2D eigenvalue weighted by Crippen LogP contribution is 2.56. The monoisotopic (exact) mass is 291 g/mol. The molecule has 1 heterocycles. The molecule has 2 saturated carbocycles. The number of amides is 2. The van der Waals surface area contributed by atoms with Gasteiger partial charge in [0.15, 0.2) is 0 Å². The predicted octanol–water partition coefficient (Wildman–Crippen LogP) is 3.38. The summed E-state index contributed by atoms with van der Waals surface area (Å²) < 4.78 is 0. The van der Waals surface area contributed by atoms with Gasteiger partial charge in [-0.25, -0.2) is 0 Å². The van der Waals surface area contributed by atoms with Gasteiger partial charge in [0.1, 0.15) is 0 Å². The average Bonchev–Trinajstić information content (AvgIpc) is 3.21. The second-order valence-electron chi connectivity index (χ2n) is 6.93. The molecule has 3 aliphatic rings. The fourth-order valence-electron chi connectivity index (χ4n) is 4.98. The zero-order chi connectivity index (χ0) is 14.8. The van der Waals surface area contributed by atoms with Crippen molar-refractivity contribution in [2.24, 2.45) is 23.7 Å². The van der Waals surface area contributed by atoms with Crippen LogP contribution in [0.25, 0.3) is 10.8 Å². The quantitative estimate of drug-likeness (QED) is 0.755. The van der Waals surface area contributed by atoms with Gasteiger partial charge in [-0.2, -0.15) is 0 Å². The largest absolute Gasteiger partial charge is 0.274 e. The van der Waals surface area contributed by atoms with E-state index in [4.69, 9.17) is 0 Å². The van der Waals surface area contributed by atoms with Crippen LogP contribution in [0.4, 0.5) is 5.69 Å². The number of fused-ring (bicyclic) bond motifs is 6. The van der Waals surface area contributed by atoms with Crippen molar-refractivity contribution in [3.8, 4) is 0 Å². The second-order valence-corrected chi connectivity index (χ2v) is 6.93. The lowest BCUT2D eigenvalue weighted by Gasteiger charge is -2.19. The molecule has 4 atom stereocenters. The maximum Gasteiger partial charge on any atom is 0.237 e. The number of carbonyl (C=O) groups excluding carboxylic acids is 2. The standard InChI is InChI=1S/C19H17NO2/c21-18-16-13-5-6-14(9-13)17(16)19(22)20(18)15-8-7-11-3-1-2-4-12(11)10-15/h1-4,7-8,10,13-14,16-17H,5-6,9H2/t13-,14-,16-,17+/m0/s1. The molecule has 1 aliphatic heterocycles. The van der Waals surface area contributed by atoms with Crippen molar-refractivity contribution in [2.45, 2.75) is 19.3 Å². The fraction of sp³-hybridized carbons (Fsp3) is 0.368. The van der Waals surface area contributed by atoms with Gasteiger partial charge in [0.2, 0.25) is 11.8 Å². The topological polar surface area (TPSA) is 37.4 Å². The molecule has 0 spiro atoms. The zero-order valence-corrected chi connectivity index (χ0v) is 12.2. The van der Waals surface area contributed by atoms with Crippen LogP contribution in [-0.4, -0.2) is 11.8 Å². The molecule has 2 aromatic rings. The molecule has 0 aromatic heterocycles. The Morgan fingerprint density at radius 1 is 0.818 bits per heavy atom. The third-order valence-corrected chi connectivity index (χ3v) is 5.92. The number of hydrogen-bond acceptors (Lipinski definition) is 2. The molecular weight excluding hydrogens is 274 g/mol. The zero-order valence-electron chi connectivity index (χ0n) is 12.2. The van der Waals surface area contributed by atoms with Crippen molar-refractivity contribution >= 4 is 28.3 Å². The third kappa shape index (κ3) is 1.46. The van der Waals surface area contributed by atoms with Crippen molar-refractivity contribution in [1.82, 2.24) is 0 Å². The summed E-state index contributed by atoms with van der Waals surface area (Å²) in [5, 5.41) is 2.20. The van der Waals surface area contributed by atoms with Crippen LogP contribution in [0.5, 0.6) is 0 Å². The summed E-state index contributed by atoms with van der Waals surface area (Å²) in [7, 11) is 0. The van der Waals surface area contributed by atoms with Gasteiger partial charge in [0.05, 0.1) is 17.5 Å². The highest BCUT2D eigenvalue weighted by atomic mass is 16.2. The summed E-state index contributed by atoms with van der Waals surface area (Å²) in [6, 6.07) is 13.9. The number of hydrogen-bond donors (Lipinski definition) is 0. The molecule has 1 saturated heterocycles. The molecule has 5 rings (SSSR count). The minimum atomic E-state index is -0.0438. The van der Waals surface area contributed by atoms with E-state index in [1.807, 2.05) is 42.5 Å². The number of rotatable bonds is 1. The number of carbonyl (C=O) groups is 2. The van der Waals surface area contributed by atoms with Gasteiger partial charge in [-0.1, -0.05) is 30.3 Å². The Labute approximate surface area is 128 Å². The summed E-state index contributed by atoms with van der Waals surface area (Å²) in [4.78, 5) is 27.1. The maximum absolute atomic E-state index is 12.8. The Bertz CT molecular complexity index is 784. The minimum Gasteiger partial charge on any atom is -0.274 e. The van der Waals surface area contributed by atoms with E-state index >= 15 is 0 Å². The molecule has 2 aliphatic carbocycles. The van der Waals surface area contributed by atoms with E-state index in [9.17, 15) is 9.59 Å². The molecule has 2 bridgehead atoms. The summed E-state index contributed by atoms with van der Waals surface area (Å²) >= 11 is 0. The van der Waals surface area contributed by atoms with Crippen LogP contribution in [0.15, 0.2) is 42.5 Å². The first-order valence-corrected chi connectivity index (χ1v) is 8.10. The van der Waals surface area contributed by atoms with Gasteiger partial charge < -0.3 is 0 Å². The Morgan fingerprint density at radius 3 is 2.14 bits per heavy atom. The summed E-state index contributed by atoms with van der Waals surface area (Å²) in [5.41, 5.74) is 0.738. The Hall–Kier alpha value is -2.16. The van der Waals surface area contributed by atoms with Gasteiger partial charge >= 0.3 is 0 Å². The molecule has 2 amide bonds. The first-order chi connectivity index (χ1) is 10.7. The summed E-state index contributed by atoms with van der Waals surface area (Å²) in [6.45, 7) is 0. The lowest BCUT2D eigenvalue weighted by Crippen LogP contribution is -2.32. The lowest BCUT2D eigenvalue weighted by molar-refractivity contribution is -0.123. The smallest absolute Gasteiger partial charge is 0.237 e. The van der Waals surface area contributed by atoms with Crippen LogP contribution in [0.2, 0.25) is 0 Å². The summed E-state index contributed by atoms with van der Waals surface area (Å²) in [5.74, 6) is 0.874. The van der Waals surface area contributed by atoms with Crippen molar-refractivity contribution < 1.29 is 9.59 Å². The van der Waals surface area contributed by atoms with Crippen molar-refractivity contribution in [2.75, 3.05) is 4.90 Å². The van der Waals surface area contributed by atoms with Gasteiger partial charge in [-0.05, 0) is 54.0 Å². The minimum absolute atomic E-state index is 0.0393. The van der Waals surface area contributed by atoms with E-state index in [-0.39, 0.29) is 23.7 Å². The van der Waals surface area contributed by atoms with E-state index < -0.39 is 0 Å². The van der Waals surface area contributed by atoms with Crippen LogP contribution in [0, 0.1) is 23.7 Å². The first-order valence-electron chi connectivity index (χ1n) is 8.10. The van der Waals surface area contributed by atoms with Crippen LogP contribution >= 0.6 is 0 Å². The molecule has 0 unspecified atom stereocenters. The summed E-state index contributed by atoms with van der Waals surface area (Å²) in [6.07, 6.45) is 3.32. The van der Waals surface area contributed by atoms with E-state index in [2.05, 4.69) is 0 Å². The molecule has 3 fully saturated rings. The third-order valence-electron chi connectivity index (χ3n) is 5.92. The Morgan fingerprint density at radius 2 is 1.45 bits per heavy atom. The van der Waals surface area contributed by atoms with E-state index in [1.165, 1.54) is 4.90 Å². The normalized spacial score (nSPS) is 33.0. The van der Waals surface area contributed by atoms with Crippen LogP contribution in [-0.2, 0) is 9.59 Å². The number of benzene rings is 2. The van der Waals surface area contributed by atoms with Gasteiger partial charge in [0.25, 0.3) is 0 Å². The molecule has 3 nitrogen and oxygen atoms in total. The molecule has 0 N–H and O–H groups in total. The first kappa shape index (κ1) is 12.4. The van der Waals surface area contributed by atoms with Gasteiger partial charge in [-0.3, -0.25) is 14.5 Å². The number of anilines is 1. The van der Waals surface area contributed by atoms with Crippen LogP contribution in [0.1, 0.15) is 19.3 Å². The van der Waals surface area contributed by atoms with Crippen LogP contribution < -0.4 is 4.90 Å². The van der Waals surface area contributed by atoms with Crippen LogP contribution in [0.3, 0.4) is 0 Å². The van der Waals surface area contributed by atoms with E-state index in [0.29, 0.717) is 11.8 Å². The maximum atomic E-state index is 12.8. The Balaban J connectivity index is 1.59. The molecule has 0 radical (unpaired) electrons. The van der Waals surface area contributed by atoms with Crippen molar-refractivity contribution in [3.05, 3.63) is 42.5 Å². The average molecular weight is 291 g/mol. The highest BCUT2D eigenvalue weighted by molar-refractivity contribution is 6.23.